The summed E-state index contributed by atoms with van der Waals surface area (Å²) in [4.78, 5) is 18.9. The highest BCUT2D eigenvalue weighted by atomic mass is 16.5. The van der Waals surface area contributed by atoms with Gasteiger partial charge >= 0.3 is 5.97 Å². The lowest BCUT2D eigenvalue weighted by molar-refractivity contribution is -0.142. The van der Waals surface area contributed by atoms with Gasteiger partial charge in [-0.25, -0.2) is 0 Å². The maximum absolute atomic E-state index is 9.87. The number of aliphatic hydroxyl groups is 1. The fraction of sp³-hybridized carbons (Fsp3) is 0.333. The number of ether oxygens (including phenoxy) is 1. The van der Waals surface area contributed by atoms with Crippen molar-refractivity contribution in [3.8, 4) is 0 Å². The Balaban J connectivity index is 0. The van der Waals surface area contributed by atoms with Gasteiger partial charge in [-0.1, -0.05) is 36.4 Å². The average molecular weight is 242 g/mol. The van der Waals surface area contributed by atoms with Gasteiger partial charge in [-0.2, -0.15) is 0 Å². The number of carboxylic acids is 1. The first-order valence-corrected chi connectivity index (χ1v) is 4.94. The molecule has 1 aromatic rings. The molecule has 0 aliphatic heterocycles. The molecule has 1 rings (SSSR count). The molecule has 0 radical (unpaired) electrons. The van der Waals surface area contributed by atoms with Gasteiger partial charge in [-0.05, 0) is 0 Å². The van der Waals surface area contributed by atoms with Crippen molar-refractivity contribution in [3.63, 3.8) is 0 Å². The molecule has 0 amide bonds. The first kappa shape index (κ1) is 17.5. The van der Waals surface area contributed by atoms with E-state index in [9.17, 15) is 4.79 Å². The van der Waals surface area contributed by atoms with E-state index in [0.29, 0.717) is 0 Å². The van der Waals surface area contributed by atoms with Crippen LogP contribution in [0.3, 0.4) is 0 Å². The maximum atomic E-state index is 9.87. The number of carbonyl (C=O) groups is 2. The lowest BCUT2D eigenvalue weighted by Gasteiger charge is -1.93. The molecule has 17 heavy (non-hydrogen) atoms. The van der Waals surface area contributed by atoms with Crippen LogP contribution in [0.2, 0.25) is 0 Å². The summed E-state index contributed by atoms with van der Waals surface area (Å²) < 4.78 is 4.30. The van der Waals surface area contributed by atoms with Crippen molar-refractivity contribution in [2.24, 2.45) is 0 Å². The SMILES string of the molecule is CC(=O)O.CC(=O)OCCO.c1ccccc1. The second-order valence-electron chi connectivity index (χ2n) is 2.74. The number of esters is 1. The fourth-order valence-corrected chi connectivity index (χ4v) is 0.574. The standard InChI is InChI=1S/C6H6.C4H8O3.C2H4O2/c1-2-4-6-5-3-1;1-4(6)7-3-2-5;1-2(3)4/h1-6H;5H,2-3H2,1H3;1H3,(H,3,4). The number of carbonyl (C=O) groups excluding carboxylic acids is 1. The number of hydrogen-bond acceptors (Lipinski definition) is 4. The van der Waals surface area contributed by atoms with Crippen molar-refractivity contribution in [2.75, 3.05) is 13.2 Å². The minimum Gasteiger partial charge on any atom is -0.481 e. The first-order valence-electron chi connectivity index (χ1n) is 4.94. The van der Waals surface area contributed by atoms with Crippen molar-refractivity contribution >= 4 is 11.9 Å². The largest absolute Gasteiger partial charge is 0.481 e. The quantitative estimate of drug-likeness (QED) is 0.764. The summed E-state index contributed by atoms with van der Waals surface area (Å²) in [7, 11) is 0. The highest BCUT2D eigenvalue weighted by Crippen LogP contribution is 1.79. The van der Waals surface area contributed by atoms with Crippen LogP contribution in [0.5, 0.6) is 0 Å². The zero-order chi connectivity index (χ0) is 13.5. The van der Waals surface area contributed by atoms with Crippen LogP contribution >= 0.6 is 0 Å². The monoisotopic (exact) mass is 242 g/mol. The van der Waals surface area contributed by atoms with Gasteiger partial charge in [-0.15, -0.1) is 0 Å². The predicted molar refractivity (Wildman–Crippen MR) is 63.5 cm³/mol. The van der Waals surface area contributed by atoms with Crippen LogP contribution in [-0.2, 0) is 14.3 Å². The van der Waals surface area contributed by atoms with Gasteiger partial charge in [0.15, 0.2) is 0 Å². The van der Waals surface area contributed by atoms with Crippen molar-refractivity contribution in [1.82, 2.24) is 0 Å². The van der Waals surface area contributed by atoms with Crippen molar-refractivity contribution in [2.45, 2.75) is 13.8 Å². The molecule has 1 aromatic carbocycles. The minimum atomic E-state index is -0.833. The molecule has 0 fully saturated rings. The Labute approximate surface area is 101 Å². The molecule has 0 atom stereocenters. The van der Waals surface area contributed by atoms with E-state index in [4.69, 9.17) is 15.0 Å². The molecule has 0 spiro atoms. The summed E-state index contributed by atoms with van der Waals surface area (Å²) in [6, 6.07) is 12.0. The minimum absolute atomic E-state index is 0.0976. The Bertz CT molecular complexity index is 253. The van der Waals surface area contributed by atoms with E-state index in [1.165, 1.54) is 6.92 Å². The summed E-state index contributed by atoms with van der Waals surface area (Å²) in [5.74, 6) is -1.19. The normalized spacial score (nSPS) is 7.71. The van der Waals surface area contributed by atoms with Crippen LogP contribution in [0.4, 0.5) is 0 Å². The topological polar surface area (TPSA) is 83.8 Å². The number of aliphatic carboxylic acids is 1. The number of rotatable bonds is 2. The molecule has 2 N–H and O–H groups in total. The third-order valence-corrected chi connectivity index (χ3v) is 1.06. The Morgan fingerprint density at radius 1 is 1.00 bits per heavy atom. The van der Waals surface area contributed by atoms with Gasteiger partial charge in [-0.3, -0.25) is 9.59 Å². The fourth-order valence-electron chi connectivity index (χ4n) is 0.574. The Morgan fingerprint density at radius 3 is 1.41 bits per heavy atom. The molecule has 0 saturated heterocycles. The molecule has 0 aromatic heterocycles. The molecule has 0 aliphatic carbocycles. The molecule has 5 nitrogen and oxygen atoms in total. The van der Waals surface area contributed by atoms with Gasteiger partial charge < -0.3 is 14.9 Å². The molecule has 0 unspecified atom stereocenters. The van der Waals surface area contributed by atoms with Crippen molar-refractivity contribution in [3.05, 3.63) is 36.4 Å². The van der Waals surface area contributed by atoms with Crippen molar-refractivity contribution < 1.29 is 24.5 Å². The van der Waals surface area contributed by atoms with E-state index in [1.54, 1.807) is 0 Å². The van der Waals surface area contributed by atoms with Crippen LogP contribution in [0.25, 0.3) is 0 Å². The van der Waals surface area contributed by atoms with Crippen LogP contribution in [0.15, 0.2) is 36.4 Å². The van der Waals surface area contributed by atoms with E-state index in [1.807, 2.05) is 36.4 Å². The smallest absolute Gasteiger partial charge is 0.302 e. The lowest BCUT2D eigenvalue weighted by atomic mass is 10.4. The van der Waals surface area contributed by atoms with Crippen molar-refractivity contribution in [1.29, 1.82) is 0 Å². The molecule has 0 saturated carbocycles. The van der Waals surface area contributed by atoms with E-state index in [2.05, 4.69) is 4.74 Å². The van der Waals surface area contributed by atoms with Gasteiger partial charge in [0.05, 0.1) is 6.61 Å². The number of benzene rings is 1. The second-order valence-corrected chi connectivity index (χ2v) is 2.74. The molecule has 0 aliphatic rings. The molecule has 0 heterocycles. The van der Waals surface area contributed by atoms with Gasteiger partial charge in [0.2, 0.25) is 0 Å². The van der Waals surface area contributed by atoms with Crippen LogP contribution in [0.1, 0.15) is 13.8 Å². The summed E-state index contributed by atoms with van der Waals surface area (Å²) in [6.07, 6.45) is 0. The maximum Gasteiger partial charge on any atom is 0.302 e. The second kappa shape index (κ2) is 14.1. The lowest BCUT2D eigenvalue weighted by Crippen LogP contribution is -2.03. The molecule has 96 valence electrons. The average Bonchev–Trinajstić information content (AvgIpc) is 2.29. The number of aliphatic hydroxyl groups excluding tert-OH is 1. The van der Waals surface area contributed by atoms with Crippen LogP contribution < -0.4 is 0 Å². The predicted octanol–water partition coefficient (Wildman–Crippen LogP) is 1.32. The van der Waals surface area contributed by atoms with Gasteiger partial charge in [0.25, 0.3) is 5.97 Å². The highest BCUT2D eigenvalue weighted by Gasteiger charge is 1.86. The Hall–Kier alpha value is -1.88. The molecule has 0 bridgehead atoms. The van der Waals surface area contributed by atoms with Gasteiger partial charge in [0.1, 0.15) is 6.61 Å². The number of carboxylic acid groups (broad SMARTS) is 1. The molecular weight excluding hydrogens is 224 g/mol. The first-order chi connectivity index (χ1) is 8.00. The van der Waals surface area contributed by atoms with E-state index in [-0.39, 0.29) is 19.2 Å². The van der Waals surface area contributed by atoms with E-state index >= 15 is 0 Å². The molecular formula is C12H18O5. The summed E-state index contributed by atoms with van der Waals surface area (Å²) in [5, 5.41) is 15.5. The summed E-state index contributed by atoms with van der Waals surface area (Å²) >= 11 is 0. The Kier molecular flexibility index (Phi) is 14.5. The third-order valence-electron chi connectivity index (χ3n) is 1.06. The molecule has 5 heteroatoms. The summed E-state index contributed by atoms with van der Waals surface area (Å²) in [5.41, 5.74) is 0. The zero-order valence-corrected chi connectivity index (χ0v) is 10.00. The van der Waals surface area contributed by atoms with Crippen LogP contribution in [-0.4, -0.2) is 35.4 Å². The van der Waals surface area contributed by atoms with E-state index in [0.717, 1.165) is 6.92 Å². The number of hydrogen-bond donors (Lipinski definition) is 2. The van der Waals surface area contributed by atoms with Crippen LogP contribution in [0, 0.1) is 0 Å². The van der Waals surface area contributed by atoms with E-state index < -0.39 is 5.97 Å². The summed E-state index contributed by atoms with van der Waals surface area (Å²) in [6.45, 7) is 2.39. The third kappa shape index (κ3) is 31.5. The van der Waals surface area contributed by atoms with Gasteiger partial charge in [0, 0.05) is 13.8 Å². The zero-order valence-electron chi connectivity index (χ0n) is 10.00. The Morgan fingerprint density at radius 2 is 1.29 bits per heavy atom. The highest BCUT2D eigenvalue weighted by molar-refractivity contribution is 5.65.